The number of rotatable bonds is 13. The van der Waals surface area contributed by atoms with Crippen LogP contribution in [0.25, 0.3) is 11.2 Å². The number of nitrogens with two attached hydrogens (primary N) is 1. The molecule has 0 amide bonds. The molecule has 8 N–H and O–H groups in total. The molecular formula is C20H32N5O13P3. The molecule has 0 saturated carbocycles. The fourth-order valence-corrected chi connectivity index (χ4v) is 7.20. The maximum absolute atomic E-state index is 12.7. The van der Waals surface area contributed by atoms with E-state index in [0.717, 1.165) is 17.5 Å². The Hall–Kier alpha value is -1.88. The molecular weight excluding hydrogens is 611 g/mol. The molecule has 41 heavy (non-hydrogen) atoms. The van der Waals surface area contributed by atoms with Crippen LogP contribution >= 0.6 is 23.5 Å². The average Bonchev–Trinajstić information content (AvgIpc) is 3.36. The molecule has 7 atom stereocenters. The van der Waals surface area contributed by atoms with Crippen molar-refractivity contribution in [2.24, 2.45) is 0 Å². The van der Waals surface area contributed by atoms with Crippen molar-refractivity contribution in [3.8, 4) is 0 Å². The number of imidazole rings is 1. The summed E-state index contributed by atoms with van der Waals surface area (Å²) in [6.07, 6.45) is -0.869. The first kappa shape index (κ1) is 33.6. The molecule has 2 aromatic heterocycles. The van der Waals surface area contributed by atoms with E-state index < -0.39 is 54.1 Å². The molecule has 21 heteroatoms. The molecule has 1 fully saturated rings. The molecule has 0 aliphatic carbocycles. The Morgan fingerprint density at radius 3 is 2.37 bits per heavy atom. The molecule has 1 aliphatic heterocycles. The smallest absolute Gasteiger partial charge is 0.387 e. The Labute approximate surface area is 233 Å². The standard InChI is InChI=1S/C20H32N5O13P3/c1-11(2)5-4-6-12(3)7-8-13(36-40(31,32)38-41(33,34)37-39(28,29)30)17-15(26)16(27)20(35-17)25-10-24-14-18(21)22-9-23-19(14)25/h5,7,9-10,13,15-17,20,26-27H,4,6,8H2,1-3H3,(H,31,32)(H,33,34)(H2,21,22,23)(H2,28,29,30)/b12-7+/t13?,15-,16+,17+,20+/m0/s1. The fourth-order valence-electron chi connectivity index (χ4n) is 3.99. The Morgan fingerprint density at radius 2 is 1.73 bits per heavy atom. The third-order valence-electron chi connectivity index (χ3n) is 5.78. The number of allylic oxidation sites excluding steroid dienone is 3. The number of aliphatic hydroxyl groups is 2. The number of aromatic nitrogens is 4. The number of nitrogens with zero attached hydrogens (tertiary/aromatic N) is 4. The van der Waals surface area contributed by atoms with Gasteiger partial charge in [-0.25, -0.2) is 28.6 Å². The quantitative estimate of drug-likeness (QED) is 0.121. The summed E-state index contributed by atoms with van der Waals surface area (Å²) in [6.45, 7) is 5.64. The summed E-state index contributed by atoms with van der Waals surface area (Å²) in [5.74, 6) is 0.0394. The highest BCUT2D eigenvalue weighted by Crippen LogP contribution is 2.67. The summed E-state index contributed by atoms with van der Waals surface area (Å²) >= 11 is 0. The molecule has 0 bridgehead atoms. The minimum atomic E-state index is -5.81. The van der Waals surface area contributed by atoms with Crippen molar-refractivity contribution >= 4 is 40.4 Å². The molecule has 230 valence electrons. The molecule has 1 saturated heterocycles. The van der Waals surface area contributed by atoms with Crippen LogP contribution in [0.2, 0.25) is 0 Å². The van der Waals surface area contributed by atoms with Gasteiger partial charge in [0.1, 0.15) is 36.3 Å². The van der Waals surface area contributed by atoms with Gasteiger partial charge in [-0.2, -0.15) is 8.62 Å². The number of phosphoric acid groups is 3. The number of fused-ring (bicyclic) bond motifs is 1. The van der Waals surface area contributed by atoms with Gasteiger partial charge in [0.2, 0.25) is 0 Å². The number of aliphatic hydroxyl groups excluding tert-OH is 2. The zero-order valence-corrected chi connectivity index (χ0v) is 24.7. The number of phosphoric ester groups is 1. The number of ether oxygens (including phenoxy) is 1. The molecule has 0 spiro atoms. The van der Waals surface area contributed by atoms with Crippen LogP contribution < -0.4 is 5.73 Å². The zero-order valence-electron chi connectivity index (χ0n) is 22.1. The van der Waals surface area contributed by atoms with Gasteiger partial charge >= 0.3 is 23.5 Å². The summed E-state index contributed by atoms with van der Waals surface area (Å²) in [5, 5.41) is 21.7. The van der Waals surface area contributed by atoms with Crippen LogP contribution in [-0.4, -0.2) is 73.7 Å². The van der Waals surface area contributed by atoms with Crippen LogP contribution in [0.5, 0.6) is 0 Å². The molecule has 3 heterocycles. The minimum Gasteiger partial charge on any atom is -0.387 e. The zero-order chi connectivity index (χ0) is 30.8. The van der Waals surface area contributed by atoms with E-state index in [9.17, 15) is 33.7 Å². The summed E-state index contributed by atoms with van der Waals surface area (Å²) in [7, 11) is -17.1. The van der Waals surface area contributed by atoms with Gasteiger partial charge in [0.25, 0.3) is 0 Å². The van der Waals surface area contributed by atoms with E-state index in [1.54, 1.807) is 13.0 Å². The third-order valence-corrected chi connectivity index (χ3v) is 9.64. The topological polar surface area (TPSA) is 279 Å². The molecule has 3 rings (SSSR count). The SMILES string of the molecule is CC(C)=CCC/C(C)=C/CC(OP(=O)(O)OP(=O)(O)OP(=O)(O)O)[C@H]1O[C@@H](n2cnc3c(N)ncnc32)[C@H](O)[C@@H]1O. The molecule has 1 aliphatic rings. The van der Waals surface area contributed by atoms with Crippen LogP contribution in [0.3, 0.4) is 0 Å². The van der Waals surface area contributed by atoms with Crippen LogP contribution in [0.4, 0.5) is 5.82 Å². The predicted octanol–water partition coefficient (Wildman–Crippen LogP) is 1.82. The second-order valence-electron chi connectivity index (χ2n) is 9.40. The van der Waals surface area contributed by atoms with Crippen molar-refractivity contribution in [3.05, 3.63) is 36.0 Å². The van der Waals surface area contributed by atoms with Crippen LogP contribution in [0.1, 0.15) is 46.3 Å². The second-order valence-corrected chi connectivity index (χ2v) is 13.8. The van der Waals surface area contributed by atoms with Gasteiger partial charge in [-0.15, -0.1) is 0 Å². The highest BCUT2D eigenvalue weighted by atomic mass is 31.3. The lowest BCUT2D eigenvalue weighted by atomic mass is 10.0. The monoisotopic (exact) mass is 643 g/mol. The largest absolute Gasteiger partial charge is 0.490 e. The average molecular weight is 643 g/mol. The maximum Gasteiger partial charge on any atom is 0.490 e. The van der Waals surface area contributed by atoms with Gasteiger partial charge < -0.3 is 40.3 Å². The van der Waals surface area contributed by atoms with E-state index in [1.807, 2.05) is 19.9 Å². The van der Waals surface area contributed by atoms with E-state index in [2.05, 4.69) is 23.6 Å². The lowest BCUT2D eigenvalue weighted by Crippen LogP contribution is -2.39. The Bertz CT molecular complexity index is 1440. The number of nitrogen functional groups attached to an aromatic ring is 1. The van der Waals surface area contributed by atoms with E-state index in [4.69, 9.17) is 24.8 Å². The van der Waals surface area contributed by atoms with Crippen molar-refractivity contribution in [2.75, 3.05) is 5.73 Å². The van der Waals surface area contributed by atoms with Crippen LogP contribution in [0, 0.1) is 0 Å². The summed E-state index contributed by atoms with van der Waals surface area (Å²) in [6, 6.07) is 0. The molecule has 2 aromatic rings. The highest BCUT2D eigenvalue weighted by Gasteiger charge is 2.50. The molecule has 18 nitrogen and oxygen atoms in total. The van der Waals surface area contributed by atoms with E-state index in [1.165, 1.54) is 10.9 Å². The third kappa shape index (κ3) is 9.30. The Morgan fingerprint density at radius 1 is 1.05 bits per heavy atom. The summed E-state index contributed by atoms with van der Waals surface area (Å²) < 4.78 is 55.2. The van der Waals surface area contributed by atoms with Gasteiger partial charge in [-0.3, -0.25) is 9.09 Å². The first-order valence-corrected chi connectivity index (χ1v) is 16.5. The van der Waals surface area contributed by atoms with Gasteiger partial charge in [-0.05, 0) is 40.0 Å². The normalized spacial score (nSPS) is 25.5. The summed E-state index contributed by atoms with van der Waals surface area (Å²) in [4.78, 5) is 49.2. The van der Waals surface area contributed by atoms with Gasteiger partial charge in [-0.1, -0.05) is 23.3 Å². The Kier molecular flexibility index (Phi) is 10.8. The van der Waals surface area contributed by atoms with E-state index in [-0.39, 0.29) is 23.4 Å². The Balaban J connectivity index is 1.89. The fraction of sp³-hybridized carbons (Fsp3) is 0.550. The lowest BCUT2D eigenvalue weighted by Gasteiger charge is -2.27. The highest BCUT2D eigenvalue weighted by molar-refractivity contribution is 7.66. The first-order valence-electron chi connectivity index (χ1n) is 11.9. The van der Waals surface area contributed by atoms with Crippen molar-refractivity contribution in [3.63, 3.8) is 0 Å². The first-order chi connectivity index (χ1) is 18.9. The second kappa shape index (κ2) is 13.2. The molecule has 0 radical (unpaired) electrons. The molecule has 0 aromatic carbocycles. The maximum atomic E-state index is 12.7. The number of anilines is 1. The van der Waals surface area contributed by atoms with E-state index >= 15 is 0 Å². The van der Waals surface area contributed by atoms with Crippen molar-refractivity contribution < 1.29 is 61.4 Å². The van der Waals surface area contributed by atoms with Crippen LogP contribution in [0.15, 0.2) is 36.0 Å². The van der Waals surface area contributed by atoms with Crippen molar-refractivity contribution in [1.29, 1.82) is 0 Å². The molecule has 3 unspecified atom stereocenters. The van der Waals surface area contributed by atoms with Crippen molar-refractivity contribution in [1.82, 2.24) is 19.5 Å². The summed E-state index contributed by atoms with van der Waals surface area (Å²) in [5.41, 5.74) is 8.03. The van der Waals surface area contributed by atoms with E-state index in [0.29, 0.717) is 12.8 Å². The lowest BCUT2D eigenvalue weighted by molar-refractivity contribution is -0.0798. The number of hydrogen-bond acceptors (Lipinski definition) is 13. The van der Waals surface area contributed by atoms with Crippen LogP contribution in [-0.2, 0) is 31.6 Å². The minimum absolute atomic E-state index is 0.0394. The van der Waals surface area contributed by atoms with Gasteiger partial charge in [0.05, 0.1) is 6.33 Å². The van der Waals surface area contributed by atoms with Gasteiger partial charge in [0.15, 0.2) is 17.7 Å². The predicted molar refractivity (Wildman–Crippen MR) is 141 cm³/mol. The van der Waals surface area contributed by atoms with Gasteiger partial charge in [0, 0.05) is 0 Å². The van der Waals surface area contributed by atoms with Crippen molar-refractivity contribution in [2.45, 2.75) is 70.7 Å². The number of hydrogen-bond donors (Lipinski definition) is 7.